The molecule has 84 valence electrons. The molecular formula is C9H11ClFNO2S. The fraction of sp³-hybridized carbons (Fsp3) is 0.444. The summed E-state index contributed by atoms with van der Waals surface area (Å²) >= 11 is 9.47. The topological polar surface area (TPSA) is 53.4 Å². The van der Waals surface area contributed by atoms with Crippen molar-refractivity contribution in [1.82, 2.24) is 4.98 Å². The van der Waals surface area contributed by atoms with Crippen molar-refractivity contribution in [2.45, 2.75) is 18.6 Å². The summed E-state index contributed by atoms with van der Waals surface area (Å²) < 4.78 is 13.2. The molecule has 0 aliphatic heterocycles. The standard InChI is InChI=1S/C9H11ClFNO2S/c10-8-3-5(6(11)4-12-8)9(14)7(13)1-2-15/h3-4,7,9,13-15H,1-2H2. The first-order chi connectivity index (χ1) is 7.06. The number of halogens is 2. The molecule has 1 aromatic heterocycles. The summed E-state index contributed by atoms with van der Waals surface area (Å²) in [6, 6.07) is 1.20. The Morgan fingerprint density at radius 1 is 1.53 bits per heavy atom. The van der Waals surface area contributed by atoms with Gasteiger partial charge in [0.1, 0.15) is 17.1 Å². The molecule has 0 radical (unpaired) electrons. The van der Waals surface area contributed by atoms with E-state index in [0.29, 0.717) is 5.75 Å². The van der Waals surface area contributed by atoms with Gasteiger partial charge in [0, 0.05) is 5.56 Å². The van der Waals surface area contributed by atoms with Crippen LogP contribution in [0.5, 0.6) is 0 Å². The van der Waals surface area contributed by atoms with Crippen LogP contribution in [0.25, 0.3) is 0 Å². The molecular weight excluding hydrogens is 241 g/mol. The molecule has 0 aromatic carbocycles. The highest BCUT2D eigenvalue weighted by molar-refractivity contribution is 7.80. The lowest BCUT2D eigenvalue weighted by molar-refractivity contribution is 0.0151. The Kier molecular flexibility index (Phi) is 4.79. The highest BCUT2D eigenvalue weighted by atomic mass is 35.5. The first-order valence-electron chi connectivity index (χ1n) is 4.34. The van der Waals surface area contributed by atoms with E-state index in [1.807, 2.05) is 0 Å². The zero-order valence-corrected chi connectivity index (χ0v) is 9.42. The van der Waals surface area contributed by atoms with Gasteiger partial charge in [-0.25, -0.2) is 9.37 Å². The molecule has 0 amide bonds. The van der Waals surface area contributed by atoms with Gasteiger partial charge in [-0.2, -0.15) is 12.6 Å². The molecule has 0 aliphatic carbocycles. The van der Waals surface area contributed by atoms with E-state index >= 15 is 0 Å². The van der Waals surface area contributed by atoms with Crippen molar-refractivity contribution in [2.75, 3.05) is 5.75 Å². The molecule has 1 heterocycles. The van der Waals surface area contributed by atoms with E-state index < -0.39 is 18.0 Å². The third-order valence-electron chi connectivity index (χ3n) is 1.96. The van der Waals surface area contributed by atoms with Crippen molar-refractivity contribution in [3.05, 3.63) is 28.8 Å². The molecule has 3 nitrogen and oxygen atoms in total. The van der Waals surface area contributed by atoms with E-state index in [0.717, 1.165) is 6.20 Å². The SMILES string of the molecule is OC(CCS)C(O)c1cc(Cl)ncc1F. The van der Waals surface area contributed by atoms with E-state index in [2.05, 4.69) is 17.6 Å². The van der Waals surface area contributed by atoms with Gasteiger partial charge in [0.05, 0.1) is 12.3 Å². The molecule has 2 atom stereocenters. The maximum absolute atomic E-state index is 13.2. The van der Waals surface area contributed by atoms with Crippen LogP contribution in [0.15, 0.2) is 12.3 Å². The van der Waals surface area contributed by atoms with Gasteiger partial charge >= 0.3 is 0 Å². The third-order valence-corrected chi connectivity index (χ3v) is 2.42. The maximum Gasteiger partial charge on any atom is 0.147 e. The zero-order valence-electron chi connectivity index (χ0n) is 7.77. The van der Waals surface area contributed by atoms with E-state index in [1.165, 1.54) is 6.07 Å². The molecule has 2 N–H and O–H groups in total. The van der Waals surface area contributed by atoms with Crippen molar-refractivity contribution in [3.8, 4) is 0 Å². The van der Waals surface area contributed by atoms with Gasteiger partial charge in [0.2, 0.25) is 0 Å². The molecule has 1 rings (SSSR count). The number of nitrogens with zero attached hydrogens (tertiary/aromatic N) is 1. The second-order valence-corrected chi connectivity index (χ2v) is 3.89. The van der Waals surface area contributed by atoms with Gasteiger partial charge in [-0.05, 0) is 18.2 Å². The average Bonchev–Trinajstić information content (AvgIpc) is 2.21. The number of thiol groups is 1. The molecule has 0 saturated heterocycles. The first-order valence-corrected chi connectivity index (χ1v) is 5.35. The summed E-state index contributed by atoms with van der Waals surface area (Å²) in [6.07, 6.45) is -1.19. The van der Waals surface area contributed by atoms with Crippen LogP contribution >= 0.6 is 24.2 Å². The summed E-state index contributed by atoms with van der Waals surface area (Å²) in [5, 5.41) is 19.1. The zero-order chi connectivity index (χ0) is 11.4. The Bertz CT molecular complexity index is 340. The molecule has 1 aromatic rings. The number of aliphatic hydroxyl groups excluding tert-OH is 2. The number of rotatable bonds is 4. The van der Waals surface area contributed by atoms with Crippen LogP contribution in [-0.2, 0) is 0 Å². The van der Waals surface area contributed by atoms with Crippen molar-refractivity contribution in [2.24, 2.45) is 0 Å². The van der Waals surface area contributed by atoms with Crippen LogP contribution < -0.4 is 0 Å². The van der Waals surface area contributed by atoms with Crippen LogP contribution in [0, 0.1) is 5.82 Å². The van der Waals surface area contributed by atoms with Gasteiger partial charge in [0.15, 0.2) is 0 Å². The highest BCUT2D eigenvalue weighted by Gasteiger charge is 2.21. The lowest BCUT2D eigenvalue weighted by Gasteiger charge is -2.17. The summed E-state index contributed by atoms with van der Waals surface area (Å²) in [4.78, 5) is 3.51. The van der Waals surface area contributed by atoms with Crippen LogP contribution in [0.1, 0.15) is 18.1 Å². The molecule has 0 saturated carbocycles. The van der Waals surface area contributed by atoms with Crippen LogP contribution in [0.4, 0.5) is 4.39 Å². The van der Waals surface area contributed by atoms with E-state index in [4.69, 9.17) is 11.6 Å². The molecule has 15 heavy (non-hydrogen) atoms. The fourth-order valence-corrected chi connectivity index (χ4v) is 1.58. The monoisotopic (exact) mass is 251 g/mol. The Balaban J connectivity index is 2.89. The number of pyridine rings is 1. The van der Waals surface area contributed by atoms with Crippen molar-refractivity contribution in [1.29, 1.82) is 0 Å². The number of hydrogen-bond acceptors (Lipinski definition) is 4. The predicted molar refractivity (Wildman–Crippen MR) is 58.6 cm³/mol. The molecule has 0 bridgehead atoms. The van der Waals surface area contributed by atoms with Crippen LogP contribution in [0.3, 0.4) is 0 Å². The Hall–Kier alpha value is -0.360. The van der Waals surface area contributed by atoms with Gasteiger partial charge in [-0.1, -0.05) is 11.6 Å². The van der Waals surface area contributed by atoms with Crippen molar-refractivity contribution in [3.63, 3.8) is 0 Å². The van der Waals surface area contributed by atoms with Crippen molar-refractivity contribution >= 4 is 24.2 Å². The van der Waals surface area contributed by atoms with E-state index in [-0.39, 0.29) is 17.1 Å². The van der Waals surface area contributed by atoms with Gasteiger partial charge < -0.3 is 10.2 Å². The third kappa shape index (κ3) is 3.31. The van der Waals surface area contributed by atoms with Gasteiger partial charge in [0.25, 0.3) is 0 Å². The Morgan fingerprint density at radius 2 is 2.20 bits per heavy atom. The minimum Gasteiger partial charge on any atom is -0.390 e. The average molecular weight is 252 g/mol. The minimum atomic E-state index is -1.31. The van der Waals surface area contributed by atoms with E-state index in [1.54, 1.807) is 0 Å². The quantitative estimate of drug-likeness (QED) is 0.563. The second kappa shape index (κ2) is 5.65. The molecule has 0 spiro atoms. The lowest BCUT2D eigenvalue weighted by atomic mass is 10.0. The number of aliphatic hydroxyl groups is 2. The molecule has 2 unspecified atom stereocenters. The predicted octanol–water partition coefficient (Wildman–Crippen LogP) is 1.59. The molecule has 0 aliphatic rings. The fourth-order valence-electron chi connectivity index (χ4n) is 1.15. The van der Waals surface area contributed by atoms with Crippen LogP contribution in [-0.4, -0.2) is 27.1 Å². The molecule has 6 heteroatoms. The van der Waals surface area contributed by atoms with Crippen LogP contribution in [0.2, 0.25) is 5.15 Å². The van der Waals surface area contributed by atoms with E-state index in [9.17, 15) is 14.6 Å². The minimum absolute atomic E-state index is 0.0516. The summed E-state index contributed by atoms with van der Waals surface area (Å²) in [6.45, 7) is 0. The summed E-state index contributed by atoms with van der Waals surface area (Å²) in [5.74, 6) is -0.288. The smallest absolute Gasteiger partial charge is 0.147 e. The van der Waals surface area contributed by atoms with Gasteiger partial charge in [-0.3, -0.25) is 0 Å². The largest absolute Gasteiger partial charge is 0.390 e. The normalized spacial score (nSPS) is 15.0. The number of aromatic nitrogens is 1. The highest BCUT2D eigenvalue weighted by Crippen LogP contribution is 2.23. The molecule has 0 fully saturated rings. The van der Waals surface area contributed by atoms with Crippen molar-refractivity contribution < 1.29 is 14.6 Å². The second-order valence-electron chi connectivity index (χ2n) is 3.05. The Labute approximate surface area is 97.3 Å². The first kappa shape index (κ1) is 12.7. The summed E-state index contributed by atoms with van der Waals surface area (Å²) in [7, 11) is 0. The number of hydrogen-bond donors (Lipinski definition) is 3. The Morgan fingerprint density at radius 3 is 2.80 bits per heavy atom. The van der Waals surface area contributed by atoms with Gasteiger partial charge in [-0.15, -0.1) is 0 Å². The lowest BCUT2D eigenvalue weighted by Crippen LogP contribution is -2.19. The maximum atomic E-state index is 13.2. The summed E-state index contributed by atoms with van der Waals surface area (Å²) in [5.41, 5.74) is -0.0516.